The number of carbonyl (C=O) groups excluding carboxylic acids is 1. The fourth-order valence-electron chi connectivity index (χ4n) is 3.26. The van der Waals surface area contributed by atoms with Gasteiger partial charge in [0.15, 0.2) is 0 Å². The van der Waals surface area contributed by atoms with Crippen LogP contribution in [0.15, 0.2) is 0 Å². The van der Waals surface area contributed by atoms with E-state index in [0.29, 0.717) is 11.8 Å². The van der Waals surface area contributed by atoms with Gasteiger partial charge in [0.25, 0.3) is 0 Å². The maximum Gasteiger partial charge on any atom is 0.228 e. The molecule has 2 fully saturated rings. The number of likely N-dealkylation sites (tertiary alicyclic amines) is 1. The zero-order chi connectivity index (χ0) is 13.2. The second-order valence-corrected chi connectivity index (χ2v) is 6.74. The van der Waals surface area contributed by atoms with Gasteiger partial charge >= 0.3 is 0 Å². The highest BCUT2D eigenvalue weighted by atomic mass is 16.2. The van der Waals surface area contributed by atoms with E-state index in [1.165, 1.54) is 25.7 Å². The van der Waals surface area contributed by atoms with Crippen LogP contribution in [0.5, 0.6) is 0 Å². The van der Waals surface area contributed by atoms with Crippen molar-refractivity contribution >= 4 is 5.91 Å². The van der Waals surface area contributed by atoms with Gasteiger partial charge in [0, 0.05) is 18.5 Å². The van der Waals surface area contributed by atoms with E-state index in [0.717, 1.165) is 32.1 Å². The molecule has 0 aromatic heterocycles. The lowest BCUT2D eigenvalue weighted by molar-refractivity contribution is -0.145. The van der Waals surface area contributed by atoms with Crippen LogP contribution >= 0.6 is 0 Å². The topological polar surface area (TPSA) is 32.3 Å². The normalized spacial score (nSPS) is 27.3. The van der Waals surface area contributed by atoms with Gasteiger partial charge in [-0.1, -0.05) is 20.8 Å². The van der Waals surface area contributed by atoms with E-state index >= 15 is 0 Å². The Morgan fingerprint density at radius 2 is 1.89 bits per heavy atom. The number of hydrogen-bond acceptors (Lipinski definition) is 2. The second kappa shape index (κ2) is 5.60. The summed E-state index contributed by atoms with van der Waals surface area (Å²) in [5.41, 5.74) is -0.200. The fraction of sp³-hybridized carbons (Fsp3) is 0.933. The van der Waals surface area contributed by atoms with Gasteiger partial charge in [-0.05, 0) is 50.6 Å². The molecule has 0 aliphatic carbocycles. The van der Waals surface area contributed by atoms with Crippen molar-refractivity contribution < 1.29 is 4.79 Å². The molecular weight excluding hydrogens is 224 g/mol. The smallest absolute Gasteiger partial charge is 0.228 e. The predicted molar refractivity (Wildman–Crippen MR) is 74.4 cm³/mol. The Morgan fingerprint density at radius 3 is 2.44 bits per heavy atom. The molecular formula is C15H28N2O. The lowest BCUT2D eigenvalue weighted by Gasteiger charge is -2.41. The number of amides is 1. The summed E-state index contributed by atoms with van der Waals surface area (Å²) in [6, 6.07) is 0. The molecule has 0 aromatic rings. The van der Waals surface area contributed by atoms with Gasteiger partial charge in [-0.15, -0.1) is 0 Å². The summed E-state index contributed by atoms with van der Waals surface area (Å²) in [5, 5.41) is 3.44. The van der Waals surface area contributed by atoms with Crippen LogP contribution in [0.4, 0.5) is 0 Å². The molecule has 2 heterocycles. The Hall–Kier alpha value is -0.570. The van der Waals surface area contributed by atoms with Gasteiger partial charge in [0.2, 0.25) is 5.91 Å². The maximum absolute atomic E-state index is 12.7. The Kier molecular flexibility index (Phi) is 4.31. The fourth-order valence-corrected chi connectivity index (χ4v) is 3.26. The highest BCUT2D eigenvalue weighted by molar-refractivity contribution is 5.82. The van der Waals surface area contributed by atoms with Crippen molar-refractivity contribution in [2.75, 3.05) is 26.2 Å². The number of nitrogens with one attached hydrogen (secondary N) is 1. The molecule has 18 heavy (non-hydrogen) atoms. The molecule has 2 aliphatic heterocycles. The summed E-state index contributed by atoms with van der Waals surface area (Å²) < 4.78 is 0. The van der Waals surface area contributed by atoms with Crippen LogP contribution in [0.2, 0.25) is 0 Å². The molecule has 1 N–H and O–H groups in total. The van der Waals surface area contributed by atoms with Crippen LogP contribution in [0.25, 0.3) is 0 Å². The summed E-state index contributed by atoms with van der Waals surface area (Å²) in [7, 11) is 0. The number of nitrogens with zero attached hydrogens (tertiary/aromatic N) is 1. The van der Waals surface area contributed by atoms with Gasteiger partial charge in [-0.3, -0.25) is 4.79 Å². The van der Waals surface area contributed by atoms with E-state index < -0.39 is 0 Å². The Labute approximate surface area is 111 Å². The van der Waals surface area contributed by atoms with Crippen molar-refractivity contribution in [3.63, 3.8) is 0 Å². The zero-order valence-electron chi connectivity index (χ0n) is 12.2. The Balaban J connectivity index is 1.97. The molecule has 1 amide bonds. The van der Waals surface area contributed by atoms with E-state index in [9.17, 15) is 4.79 Å². The number of carbonyl (C=O) groups is 1. The lowest BCUT2D eigenvalue weighted by atomic mass is 9.73. The molecule has 1 unspecified atom stereocenters. The summed E-state index contributed by atoms with van der Waals surface area (Å²) in [5.74, 6) is 1.66. The van der Waals surface area contributed by atoms with Crippen molar-refractivity contribution in [1.29, 1.82) is 0 Å². The molecule has 1 atom stereocenters. The first-order chi connectivity index (χ1) is 8.51. The van der Waals surface area contributed by atoms with E-state index in [4.69, 9.17) is 0 Å². The van der Waals surface area contributed by atoms with Gasteiger partial charge in [0.05, 0.1) is 0 Å². The Morgan fingerprint density at radius 1 is 1.22 bits per heavy atom. The maximum atomic E-state index is 12.7. The van der Waals surface area contributed by atoms with Crippen LogP contribution < -0.4 is 5.32 Å². The van der Waals surface area contributed by atoms with Crippen LogP contribution in [0.1, 0.15) is 46.5 Å². The second-order valence-electron chi connectivity index (χ2n) is 6.74. The molecule has 3 nitrogen and oxygen atoms in total. The summed E-state index contributed by atoms with van der Waals surface area (Å²) in [6.45, 7) is 10.6. The quantitative estimate of drug-likeness (QED) is 0.817. The first-order valence-electron chi connectivity index (χ1n) is 7.52. The van der Waals surface area contributed by atoms with Crippen molar-refractivity contribution in [1.82, 2.24) is 10.2 Å². The van der Waals surface area contributed by atoms with Crippen molar-refractivity contribution in [2.45, 2.75) is 46.5 Å². The molecule has 104 valence electrons. The monoisotopic (exact) mass is 252 g/mol. The third kappa shape index (κ3) is 2.87. The van der Waals surface area contributed by atoms with Crippen molar-refractivity contribution in [3.05, 3.63) is 0 Å². The molecule has 0 radical (unpaired) electrons. The minimum Gasteiger partial charge on any atom is -0.342 e. The SMILES string of the molecule is CC1CCN(C(=O)C(C)(C)C2CCCNC2)CC1. The highest BCUT2D eigenvalue weighted by Crippen LogP contribution is 2.34. The zero-order valence-corrected chi connectivity index (χ0v) is 12.2. The third-order valence-corrected chi connectivity index (χ3v) is 4.94. The van der Waals surface area contributed by atoms with Gasteiger partial charge in [-0.25, -0.2) is 0 Å². The number of piperidine rings is 2. The average Bonchev–Trinajstić information content (AvgIpc) is 2.40. The highest BCUT2D eigenvalue weighted by Gasteiger charge is 2.40. The van der Waals surface area contributed by atoms with Gasteiger partial charge in [0.1, 0.15) is 0 Å². The van der Waals surface area contributed by atoms with Gasteiger partial charge in [-0.2, -0.15) is 0 Å². The van der Waals surface area contributed by atoms with Crippen molar-refractivity contribution in [2.24, 2.45) is 17.3 Å². The molecule has 0 aromatic carbocycles. The summed E-state index contributed by atoms with van der Waals surface area (Å²) >= 11 is 0. The average molecular weight is 252 g/mol. The lowest BCUT2D eigenvalue weighted by Crippen LogP contribution is -2.50. The first-order valence-corrected chi connectivity index (χ1v) is 7.52. The van der Waals surface area contributed by atoms with E-state index in [1.807, 2.05) is 0 Å². The molecule has 0 bridgehead atoms. The Bertz CT molecular complexity index is 287. The molecule has 0 saturated carbocycles. The minimum absolute atomic E-state index is 0.200. The summed E-state index contributed by atoms with van der Waals surface area (Å²) in [6.07, 6.45) is 4.74. The van der Waals surface area contributed by atoms with Gasteiger partial charge < -0.3 is 10.2 Å². The summed E-state index contributed by atoms with van der Waals surface area (Å²) in [4.78, 5) is 14.8. The van der Waals surface area contributed by atoms with Crippen LogP contribution in [-0.2, 0) is 4.79 Å². The predicted octanol–water partition coefficient (Wildman–Crippen LogP) is 2.27. The van der Waals surface area contributed by atoms with Crippen molar-refractivity contribution in [3.8, 4) is 0 Å². The number of hydrogen-bond donors (Lipinski definition) is 1. The molecule has 2 aliphatic rings. The number of rotatable bonds is 2. The third-order valence-electron chi connectivity index (χ3n) is 4.94. The first kappa shape index (κ1) is 13.9. The van der Waals surface area contributed by atoms with E-state index in [1.54, 1.807) is 0 Å². The largest absolute Gasteiger partial charge is 0.342 e. The van der Waals surface area contributed by atoms with Crippen LogP contribution in [-0.4, -0.2) is 37.0 Å². The van der Waals surface area contributed by atoms with Crippen LogP contribution in [0.3, 0.4) is 0 Å². The standard InChI is InChI=1S/C15H28N2O/c1-12-6-9-17(10-7-12)14(18)15(2,3)13-5-4-8-16-11-13/h12-13,16H,4-11H2,1-3H3. The molecule has 3 heteroatoms. The van der Waals surface area contributed by atoms with E-state index in [2.05, 4.69) is 31.0 Å². The molecule has 2 saturated heterocycles. The van der Waals surface area contributed by atoms with E-state index in [-0.39, 0.29) is 5.41 Å². The minimum atomic E-state index is -0.200. The molecule has 2 rings (SSSR count). The van der Waals surface area contributed by atoms with Crippen LogP contribution in [0, 0.1) is 17.3 Å². The molecule has 0 spiro atoms.